The Labute approximate surface area is 252 Å². The first-order chi connectivity index (χ1) is 20.7. The van der Waals surface area contributed by atoms with Gasteiger partial charge >= 0.3 is 0 Å². The van der Waals surface area contributed by atoms with Crippen molar-refractivity contribution in [2.24, 2.45) is 12.0 Å². The molecule has 2 heterocycles. The van der Waals surface area contributed by atoms with Crippen LogP contribution in [0.15, 0.2) is 96.2 Å². The van der Waals surface area contributed by atoms with Gasteiger partial charge in [0.15, 0.2) is 11.6 Å². The van der Waals surface area contributed by atoms with Crippen LogP contribution in [0.25, 0.3) is 11.0 Å². The number of anilines is 1. The van der Waals surface area contributed by atoms with Gasteiger partial charge in [-0.15, -0.1) is 0 Å². The van der Waals surface area contributed by atoms with E-state index in [1.165, 1.54) is 0 Å². The molecule has 0 unspecified atom stereocenters. The molecule has 9 heteroatoms. The average Bonchev–Trinajstić information content (AvgIpc) is 3.39. The molecule has 0 saturated heterocycles. The van der Waals surface area contributed by atoms with Crippen molar-refractivity contribution in [2.75, 3.05) is 19.5 Å². The van der Waals surface area contributed by atoms with Crippen LogP contribution in [0, 0.1) is 0 Å². The van der Waals surface area contributed by atoms with E-state index in [0.29, 0.717) is 24.7 Å². The number of rotatable bonds is 9. The number of methoxy groups -OCH3 is 2. The van der Waals surface area contributed by atoms with E-state index in [4.69, 9.17) is 19.5 Å². The molecule has 43 heavy (non-hydrogen) atoms. The quantitative estimate of drug-likeness (QED) is 0.153. The lowest BCUT2D eigenvalue weighted by molar-refractivity contribution is -0.138. The first kappa shape index (κ1) is 30.8. The average molecular weight is 580 g/mol. The van der Waals surface area contributed by atoms with Crippen LogP contribution in [-0.2, 0) is 23.1 Å². The highest BCUT2D eigenvalue weighted by Crippen LogP contribution is 2.29. The SMILES string of the molecule is CC(C)(C)OC=O.COc1ccc(CNc2nc(N=C(c3ccccc3)c3ccccc3)cc3c2ncn3C)c(OC)c1. The van der Waals surface area contributed by atoms with E-state index in [9.17, 15) is 4.79 Å². The van der Waals surface area contributed by atoms with Crippen LogP contribution < -0.4 is 14.8 Å². The molecule has 0 aliphatic heterocycles. The first-order valence-electron chi connectivity index (χ1n) is 13.8. The lowest BCUT2D eigenvalue weighted by Crippen LogP contribution is -2.17. The number of carbonyl (C=O) groups excluding carboxylic acids is 1. The summed E-state index contributed by atoms with van der Waals surface area (Å²) >= 11 is 0. The van der Waals surface area contributed by atoms with Crippen molar-refractivity contribution >= 4 is 34.9 Å². The number of aliphatic imine (C=N–C) groups is 1. The Balaban J connectivity index is 0.000000541. The second-order valence-corrected chi connectivity index (χ2v) is 10.6. The molecule has 222 valence electrons. The van der Waals surface area contributed by atoms with Gasteiger partial charge in [0.05, 0.1) is 31.8 Å². The van der Waals surface area contributed by atoms with Gasteiger partial charge in [0, 0.05) is 42.4 Å². The van der Waals surface area contributed by atoms with Crippen molar-refractivity contribution in [3.05, 3.63) is 108 Å². The fourth-order valence-electron chi connectivity index (χ4n) is 4.22. The summed E-state index contributed by atoms with van der Waals surface area (Å²) in [4.78, 5) is 24.1. The minimum atomic E-state index is -0.318. The summed E-state index contributed by atoms with van der Waals surface area (Å²) in [5.41, 5.74) is 5.28. The predicted molar refractivity (Wildman–Crippen MR) is 170 cm³/mol. The van der Waals surface area contributed by atoms with E-state index in [1.807, 2.05) is 93.0 Å². The summed E-state index contributed by atoms with van der Waals surface area (Å²) in [6.07, 6.45) is 1.79. The fourth-order valence-corrected chi connectivity index (χ4v) is 4.22. The number of nitrogens with one attached hydrogen (secondary N) is 1. The molecular weight excluding hydrogens is 542 g/mol. The Morgan fingerprint density at radius 1 is 0.930 bits per heavy atom. The number of hydrogen-bond acceptors (Lipinski definition) is 8. The first-order valence-corrected chi connectivity index (χ1v) is 13.8. The van der Waals surface area contributed by atoms with Gasteiger partial charge in [0.1, 0.15) is 22.6 Å². The minimum Gasteiger partial charge on any atom is -0.497 e. The number of imidazole rings is 1. The van der Waals surface area contributed by atoms with Crippen molar-refractivity contribution in [1.29, 1.82) is 0 Å². The standard InChI is InChI=1S/C29H27N5O2.C5H10O2/c1-34-19-31-28-24(34)17-26(32-27(20-10-6-4-7-11-20)21-12-8-5-9-13-21)33-29(28)30-18-22-14-15-23(35-2)16-25(22)36-3;1-5(2,3)7-4-6/h4-17,19H,18H2,1-3H3,(H,30,33);4H,1-3H3. The third kappa shape index (κ3) is 8.19. The molecule has 0 spiro atoms. The number of fused-ring (bicyclic) bond motifs is 1. The molecule has 2 aromatic heterocycles. The van der Waals surface area contributed by atoms with Gasteiger partial charge in [-0.3, -0.25) is 4.79 Å². The van der Waals surface area contributed by atoms with Crippen LogP contribution in [-0.4, -0.2) is 46.5 Å². The third-order valence-electron chi connectivity index (χ3n) is 6.36. The maximum atomic E-state index is 9.60. The van der Waals surface area contributed by atoms with Gasteiger partial charge < -0.3 is 24.1 Å². The smallest absolute Gasteiger partial charge is 0.293 e. The summed E-state index contributed by atoms with van der Waals surface area (Å²) in [7, 11) is 5.26. The third-order valence-corrected chi connectivity index (χ3v) is 6.36. The second kappa shape index (κ2) is 14.1. The summed E-state index contributed by atoms with van der Waals surface area (Å²) in [6, 6.07) is 28.0. The fraction of sp³-hybridized carbons (Fsp3) is 0.235. The lowest BCUT2D eigenvalue weighted by atomic mass is 10.0. The molecule has 0 fully saturated rings. The molecular formula is C34H37N5O4. The largest absolute Gasteiger partial charge is 0.497 e. The van der Waals surface area contributed by atoms with Crippen molar-refractivity contribution in [3.63, 3.8) is 0 Å². The molecule has 0 aliphatic carbocycles. The Morgan fingerprint density at radius 2 is 1.58 bits per heavy atom. The zero-order valence-electron chi connectivity index (χ0n) is 25.4. The van der Waals surface area contributed by atoms with Gasteiger partial charge in [-0.2, -0.15) is 0 Å². The van der Waals surface area contributed by atoms with E-state index in [-0.39, 0.29) is 5.60 Å². The van der Waals surface area contributed by atoms with E-state index in [1.54, 1.807) is 20.5 Å². The van der Waals surface area contributed by atoms with Crippen molar-refractivity contribution in [3.8, 4) is 11.5 Å². The summed E-state index contributed by atoms with van der Waals surface area (Å²) in [6.45, 7) is 6.42. The highest BCUT2D eigenvalue weighted by molar-refractivity contribution is 6.14. The maximum Gasteiger partial charge on any atom is 0.293 e. The second-order valence-electron chi connectivity index (χ2n) is 10.6. The number of ether oxygens (including phenoxy) is 3. The molecule has 5 rings (SSSR count). The molecule has 3 aromatic carbocycles. The molecule has 1 N–H and O–H groups in total. The van der Waals surface area contributed by atoms with Crippen molar-refractivity contribution < 1.29 is 19.0 Å². The van der Waals surface area contributed by atoms with Crippen LogP contribution in [0.5, 0.6) is 11.5 Å². The van der Waals surface area contributed by atoms with Gasteiger partial charge in [0.25, 0.3) is 6.47 Å². The molecule has 0 aliphatic rings. The van der Waals surface area contributed by atoms with Crippen LogP contribution in [0.4, 0.5) is 11.6 Å². The maximum absolute atomic E-state index is 9.60. The van der Waals surface area contributed by atoms with Crippen molar-refractivity contribution in [2.45, 2.75) is 32.9 Å². The zero-order chi connectivity index (χ0) is 30.8. The lowest BCUT2D eigenvalue weighted by Gasteiger charge is -2.14. The van der Waals surface area contributed by atoms with Crippen LogP contribution in [0.3, 0.4) is 0 Å². The molecule has 0 atom stereocenters. The summed E-state index contributed by atoms with van der Waals surface area (Å²) in [5, 5.41) is 3.45. The van der Waals surface area contributed by atoms with Gasteiger partial charge in [0.2, 0.25) is 0 Å². The highest BCUT2D eigenvalue weighted by Gasteiger charge is 2.14. The normalized spacial score (nSPS) is 10.7. The van der Waals surface area contributed by atoms with Crippen LogP contribution >= 0.6 is 0 Å². The van der Waals surface area contributed by atoms with Gasteiger partial charge in [-0.25, -0.2) is 15.0 Å². The molecule has 9 nitrogen and oxygen atoms in total. The Bertz CT molecular complexity index is 1630. The summed E-state index contributed by atoms with van der Waals surface area (Å²) in [5.74, 6) is 2.73. The predicted octanol–water partition coefficient (Wildman–Crippen LogP) is 6.72. The van der Waals surface area contributed by atoms with E-state index in [2.05, 4.69) is 39.3 Å². The Kier molecular flexibility index (Phi) is 10.1. The molecule has 0 amide bonds. The van der Waals surface area contributed by atoms with E-state index < -0.39 is 0 Å². The number of nitrogens with zero attached hydrogens (tertiary/aromatic N) is 4. The van der Waals surface area contributed by atoms with Crippen LogP contribution in [0.1, 0.15) is 37.5 Å². The number of benzene rings is 3. The zero-order valence-corrected chi connectivity index (χ0v) is 25.4. The van der Waals surface area contributed by atoms with E-state index in [0.717, 1.165) is 44.9 Å². The Morgan fingerprint density at radius 3 is 2.12 bits per heavy atom. The monoisotopic (exact) mass is 579 g/mol. The number of aromatic nitrogens is 3. The number of carbonyl (C=O) groups is 1. The molecule has 0 radical (unpaired) electrons. The van der Waals surface area contributed by atoms with Gasteiger partial charge in [-0.1, -0.05) is 60.7 Å². The number of pyridine rings is 1. The minimum absolute atomic E-state index is 0.318. The number of hydrogen-bond donors (Lipinski definition) is 1. The van der Waals surface area contributed by atoms with Gasteiger partial charge in [-0.05, 0) is 32.9 Å². The topological polar surface area (TPSA) is 99.9 Å². The Hall–Kier alpha value is -5.18. The summed E-state index contributed by atoms with van der Waals surface area (Å²) < 4.78 is 17.4. The molecule has 0 saturated carbocycles. The van der Waals surface area contributed by atoms with Crippen molar-refractivity contribution in [1.82, 2.24) is 14.5 Å². The molecule has 0 bridgehead atoms. The molecule has 5 aromatic rings. The van der Waals surface area contributed by atoms with Crippen LogP contribution in [0.2, 0.25) is 0 Å². The highest BCUT2D eigenvalue weighted by atomic mass is 16.5. The van der Waals surface area contributed by atoms with E-state index >= 15 is 0 Å². The number of aryl methyl sites for hydroxylation is 1.